The zero-order chi connectivity index (χ0) is 14.4. The molecule has 0 heterocycles. The minimum Gasteiger partial charge on any atom is -0.493 e. The number of rotatable bonds is 6. The van der Waals surface area contributed by atoms with E-state index in [2.05, 4.69) is 12.6 Å². The van der Waals surface area contributed by atoms with E-state index in [-0.39, 0.29) is 5.97 Å². The third-order valence-corrected chi connectivity index (χ3v) is 3.38. The zero-order valence-corrected chi connectivity index (χ0v) is 12.4. The van der Waals surface area contributed by atoms with E-state index >= 15 is 0 Å². The van der Waals surface area contributed by atoms with Gasteiger partial charge in [0.05, 0.1) is 13.7 Å². The third-order valence-electron chi connectivity index (χ3n) is 3.06. The number of carbonyl (C=O) groups is 1. The largest absolute Gasteiger partial charge is 0.493 e. The Kier molecular flexibility index (Phi) is 5.30. The molecule has 3 nitrogen and oxygen atoms in total. The molecule has 2 aromatic carbocycles. The number of fused-ring (bicyclic) bond motifs is 1. The van der Waals surface area contributed by atoms with Gasteiger partial charge in [-0.2, -0.15) is 12.6 Å². The lowest BCUT2D eigenvalue weighted by molar-refractivity contribution is 0.0596. The Morgan fingerprint density at radius 3 is 2.50 bits per heavy atom. The van der Waals surface area contributed by atoms with E-state index in [4.69, 9.17) is 9.47 Å². The number of hydrogen-bond acceptors (Lipinski definition) is 4. The first kappa shape index (κ1) is 14.7. The molecule has 2 rings (SSSR count). The van der Waals surface area contributed by atoms with Crippen molar-refractivity contribution in [1.82, 2.24) is 0 Å². The topological polar surface area (TPSA) is 35.5 Å². The second-order valence-electron chi connectivity index (χ2n) is 4.47. The second kappa shape index (κ2) is 7.20. The molecule has 0 radical (unpaired) electrons. The average Bonchev–Trinajstić information content (AvgIpc) is 2.50. The first-order valence-corrected chi connectivity index (χ1v) is 7.24. The van der Waals surface area contributed by atoms with Gasteiger partial charge in [0.1, 0.15) is 11.3 Å². The van der Waals surface area contributed by atoms with Gasteiger partial charge in [0, 0.05) is 0 Å². The van der Waals surface area contributed by atoms with Crippen LogP contribution in [0.2, 0.25) is 0 Å². The number of methoxy groups -OCH3 is 1. The summed E-state index contributed by atoms with van der Waals surface area (Å²) in [5.74, 6) is 1.04. The van der Waals surface area contributed by atoms with Gasteiger partial charge in [0.25, 0.3) is 0 Å². The highest BCUT2D eigenvalue weighted by Crippen LogP contribution is 2.27. The highest BCUT2D eigenvalue weighted by molar-refractivity contribution is 7.80. The van der Waals surface area contributed by atoms with Crippen molar-refractivity contribution in [3.63, 3.8) is 0 Å². The van der Waals surface area contributed by atoms with Gasteiger partial charge in [-0.15, -0.1) is 0 Å². The molecule has 106 valence electrons. The molecule has 4 heteroatoms. The Morgan fingerprint density at radius 2 is 1.85 bits per heavy atom. The van der Waals surface area contributed by atoms with Crippen LogP contribution in [0.1, 0.15) is 23.2 Å². The fraction of sp³-hybridized carbons (Fsp3) is 0.312. The van der Waals surface area contributed by atoms with Crippen molar-refractivity contribution in [2.24, 2.45) is 0 Å². The van der Waals surface area contributed by atoms with Crippen molar-refractivity contribution in [3.05, 3.63) is 42.0 Å². The first-order valence-electron chi connectivity index (χ1n) is 6.61. The lowest BCUT2D eigenvalue weighted by Crippen LogP contribution is -2.07. The van der Waals surface area contributed by atoms with E-state index in [1.54, 1.807) is 0 Å². The average molecular weight is 290 g/mol. The van der Waals surface area contributed by atoms with Crippen molar-refractivity contribution in [2.45, 2.75) is 12.8 Å². The predicted octanol–water partition coefficient (Wildman–Crippen LogP) is 3.72. The molecule has 2 aromatic rings. The van der Waals surface area contributed by atoms with Crippen LogP contribution in [0.4, 0.5) is 0 Å². The van der Waals surface area contributed by atoms with E-state index < -0.39 is 0 Å². The summed E-state index contributed by atoms with van der Waals surface area (Å²) in [6, 6.07) is 11.6. The smallest absolute Gasteiger partial charge is 0.341 e. The zero-order valence-electron chi connectivity index (χ0n) is 11.5. The highest BCUT2D eigenvalue weighted by Gasteiger charge is 2.14. The molecule has 20 heavy (non-hydrogen) atoms. The van der Waals surface area contributed by atoms with Gasteiger partial charge >= 0.3 is 5.97 Å². The molecular weight excluding hydrogens is 272 g/mol. The molecule has 0 saturated carbocycles. The standard InChI is InChI=1S/C16H18O3S/c1-18-16(17)14-10-12-6-2-3-7-13(12)11-15(14)19-8-4-5-9-20/h2-3,6-7,10-11,20H,4-5,8-9H2,1H3. The first-order chi connectivity index (χ1) is 9.76. The van der Waals surface area contributed by atoms with Crippen LogP contribution in [-0.4, -0.2) is 25.4 Å². The van der Waals surface area contributed by atoms with E-state index in [9.17, 15) is 4.79 Å². The van der Waals surface area contributed by atoms with Crippen LogP contribution < -0.4 is 4.74 Å². The summed E-state index contributed by atoms with van der Waals surface area (Å²) in [5.41, 5.74) is 0.470. The summed E-state index contributed by atoms with van der Waals surface area (Å²) in [7, 11) is 1.38. The van der Waals surface area contributed by atoms with E-state index in [1.807, 2.05) is 36.4 Å². The van der Waals surface area contributed by atoms with Crippen molar-refractivity contribution < 1.29 is 14.3 Å². The molecular formula is C16H18O3S. The van der Waals surface area contributed by atoms with Gasteiger partial charge in [0.15, 0.2) is 0 Å². The second-order valence-corrected chi connectivity index (χ2v) is 4.91. The molecule has 0 atom stereocenters. The van der Waals surface area contributed by atoms with Gasteiger partial charge < -0.3 is 9.47 Å². The number of thiol groups is 1. The fourth-order valence-electron chi connectivity index (χ4n) is 2.00. The summed E-state index contributed by atoms with van der Waals surface area (Å²) < 4.78 is 10.6. The molecule has 0 N–H and O–H groups in total. The van der Waals surface area contributed by atoms with E-state index in [0.29, 0.717) is 17.9 Å². The van der Waals surface area contributed by atoms with Gasteiger partial charge in [-0.3, -0.25) is 0 Å². The van der Waals surface area contributed by atoms with Crippen LogP contribution in [-0.2, 0) is 4.74 Å². The minimum absolute atomic E-state index is 0.375. The Morgan fingerprint density at radius 1 is 1.15 bits per heavy atom. The van der Waals surface area contributed by atoms with Crippen LogP contribution in [0, 0.1) is 0 Å². The van der Waals surface area contributed by atoms with Crippen LogP contribution in [0.25, 0.3) is 10.8 Å². The van der Waals surface area contributed by atoms with Crippen LogP contribution in [0.5, 0.6) is 5.75 Å². The monoisotopic (exact) mass is 290 g/mol. The Balaban J connectivity index is 2.30. The molecule has 0 aromatic heterocycles. The lowest BCUT2D eigenvalue weighted by atomic mass is 10.1. The van der Waals surface area contributed by atoms with Crippen LogP contribution in [0.3, 0.4) is 0 Å². The predicted molar refractivity (Wildman–Crippen MR) is 83.9 cm³/mol. The van der Waals surface area contributed by atoms with Crippen molar-refractivity contribution >= 4 is 29.4 Å². The maximum atomic E-state index is 11.9. The summed E-state index contributed by atoms with van der Waals surface area (Å²) in [5, 5.41) is 2.04. The van der Waals surface area contributed by atoms with Gasteiger partial charge in [0.2, 0.25) is 0 Å². The lowest BCUT2D eigenvalue weighted by Gasteiger charge is -2.11. The fourth-order valence-corrected chi connectivity index (χ4v) is 2.23. The molecule has 0 unspecified atom stereocenters. The van der Waals surface area contributed by atoms with Crippen LogP contribution >= 0.6 is 12.6 Å². The number of esters is 1. The van der Waals surface area contributed by atoms with E-state index in [0.717, 1.165) is 29.4 Å². The normalized spacial score (nSPS) is 10.5. The van der Waals surface area contributed by atoms with E-state index in [1.165, 1.54) is 7.11 Å². The summed E-state index contributed by atoms with van der Waals surface area (Å²) in [4.78, 5) is 11.9. The summed E-state index contributed by atoms with van der Waals surface area (Å²) >= 11 is 4.17. The third kappa shape index (κ3) is 3.45. The molecule has 0 spiro atoms. The molecule has 0 aliphatic rings. The number of carbonyl (C=O) groups excluding carboxylic acids is 1. The number of hydrogen-bond donors (Lipinski definition) is 1. The number of unbranched alkanes of at least 4 members (excludes halogenated alkanes) is 1. The molecule has 0 fully saturated rings. The maximum absolute atomic E-state index is 11.9. The Bertz CT molecular complexity index is 595. The SMILES string of the molecule is COC(=O)c1cc2ccccc2cc1OCCCCS. The van der Waals surface area contributed by atoms with Gasteiger partial charge in [-0.05, 0) is 41.5 Å². The minimum atomic E-state index is -0.375. The molecule has 0 aliphatic carbocycles. The van der Waals surface area contributed by atoms with Gasteiger partial charge in [-0.25, -0.2) is 4.79 Å². The van der Waals surface area contributed by atoms with Gasteiger partial charge in [-0.1, -0.05) is 24.3 Å². The van der Waals surface area contributed by atoms with Crippen molar-refractivity contribution in [3.8, 4) is 5.75 Å². The van der Waals surface area contributed by atoms with Crippen LogP contribution in [0.15, 0.2) is 36.4 Å². The number of ether oxygens (including phenoxy) is 2. The Labute approximate surface area is 124 Å². The molecule has 0 bridgehead atoms. The van der Waals surface area contributed by atoms with Crippen molar-refractivity contribution in [1.29, 1.82) is 0 Å². The highest BCUT2D eigenvalue weighted by atomic mass is 32.1. The molecule has 0 amide bonds. The summed E-state index contributed by atoms with van der Waals surface area (Å²) in [6.45, 7) is 0.572. The van der Waals surface area contributed by atoms with Crippen molar-refractivity contribution in [2.75, 3.05) is 19.5 Å². The molecule has 0 aliphatic heterocycles. The molecule has 0 saturated heterocycles. The number of benzene rings is 2. The maximum Gasteiger partial charge on any atom is 0.341 e. The summed E-state index contributed by atoms with van der Waals surface area (Å²) in [6.07, 6.45) is 1.90. The quantitative estimate of drug-likeness (QED) is 0.500. The Hall–Kier alpha value is -1.68.